The summed E-state index contributed by atoms with van der Waals surface area (Å²) in [7, 11) is 0. The number of aromatic hydroxyl groups is 1. The van der Waals surface area contributed by atoms with Crippen molar-refractivity contribution in [2.24, 2.45) is 0 Å². The van der Waals surface area contributed by atoms with Crippen molar-refractivity contribution in [3.63, 3.8) is 0 Å². The first-order chi connectivity index (χ1) is 11.1. The van der Waals surface area contributed by atoms with Gasteiger partial charge in [0.15, 0.2) is 0 Å². The molecule has 0 radical (unpaired) electrons. The van der Waals surface area contributed by atoms with E-state index in [1.807, 2.05) is 25.6 Å². The first kappa shape index (κ1) is 17.1. The maximum Gasteiger partial charge on any atom is 0.121 e. The number of benzene rings is 1. The average molecular weight is 335 g/mol. The highest BCUT2D eigenvalue weighted by atomic mass is 32.2. The lowest BCUT2D eigenvalue weighted by molar-refractivity contribution is 0.0442. The zero-order valence-electron chi connectivity index (χ0n) is 14.7. The maximum absolute atomic E-state index is 10.0. The van der Waals surface area contributed by atoms with Crippen LogP contribution < -0.4 is 0 Å². The van der Waals surface area contributed by atoms with E-state index < -0.39 is 0 Å². The molecule has 3 rings (SSSR count). The van der Waals surface area contributed by atoms with E-state index in [2.05, 4.69) is 28.2 Å². The van der Waals surface area contributed by atoms with Crippen LogP contribution in [0.5, 0.6) is 5.75 Å². The molecule has 0 amide bonds. The molecule has 3 nitrogen and oxygen atoms in total. The lowest BCUT2D eigenvalue weighted by atomic mass is 10.0. The molecule has 1 N–H and O–H groups in total. The van der Waals surface area contributed by atoms with Gasteiger partial charge in [0.05, 0.1) is 0 Å². The van der Waals surface area contributed by atoms with Crippen LogP contribution in [0.25, 0.3) is 0 Å². The van der Waals surface area contributed by atoms with E-state index in [1.165, 1.54) is 50.2 Å². The summed E-state index contributed by atoms with van der Waals surface area (Å²) in [6, 6.07) is 5.76. The molecule has 2 aliphatic rings. The number of fused-ring (bicyclic) bond motifs is 1. The second-order valence-corrected chi connectivity index (χ2v) is 8.22. The Kier molecular flexibility index (Phi) is 5.55. The van der Waals surface area contributed by atoms with E-state index in [4.69, 9.17) is 0 Å². The highest BCUT2D eigenvalue weighted by Gasteiger charge is 2.35. The lowest BCUT2D eigenvalue weighted by Crippen LogP contribution is -2.55. The topological polar surface area (TPSA) is 26.7 Å². The third kappa shape index (κ3) is 3.86. The van der Waals surface area contributed by atoms with Crippen LogP contribution in [0.4, 0.5) is 0 Å². The standard InChI is InChI=1S/C19H30N2OS/c1-14-9-16(10-15(2)19(14)22)11-21-13-17-5-4-7-20(17)12-18(21)6-8-23-3/h9-10,17-18,22H,4-8,11-13H2,1-3H3/t17-,18-/m0/s1. The SMILES string of the molecule is CSCC[C@H]1CN2CCC[C@H]2CN1Cc1cc(C)c(O)c(C)c1. The molecule has 128 valence electrons. The Labute approximate surface area is 145 Å². The van der Waals surface area contributed by atoms with Gasteiger partial charge in [-0.05, 0) is 68.4 Å². The summed E-state index contributed by atoms with van der Waals surface area (Å²) in [4.78, 5) is 5.42. The van der Waals surface area contributed by atoms with Crippen LogP contribution in [0.15, 0.2) is 12.1 Å². The largest absolute Gasteiger partial charge is 0.507 e. The average Bonchev–Trinajstić information content (AvgIpc) is 2.97. The number of piperazine rings is 1. The molecule has 4 heteroatoms. The van der Waals surface area contributed by atoms with E-state index in [9.17, 15) is 5.11 Å². The lowest BCUT2D eigenvalue weighted by Gasteiger charge is -2.44. The molecule has 0 unspecified atom stereocenters. The molecule has 0 bridgehead atoms. The molecule has 2 fully saturated rings. The Morgan fingerprint density at radius 2 is 1.96 bits per heavy atom. The van der Waals surface area contributed by atoms with Gasteiger partial charge in [0.1, 0.15) is 5.75 Å². The molecule has 0 aliphatic carbocycles. The zero-order chi connectivity index (χ0) is 16.4. The number of aryl methyl sites for hydroxylation is 2. The molecule has 2 aliphatic heterocycles. The van der Waals surface area contributed by atoms with Crippen LogP contribution in [-0.2, 0) is 6.54 Å². The van der Waals surface area contributed by atoms with E-state index in [-0.39, 0.29) is 0 Å². The molecule has 0 aromatic heterocycles. The summed E-state index contributed by atoms with van der Waals surface area (Å²) in [6.07, 6.45) is 6.21. The number of rotatable bonds is 5. The summed E-state index contributed by atoms with van der Waals surface area (Å²) in [5, 5.41) is 10.0. The predicted molar refractivity (Wildman–Crippen MR) is 99.4 cm³/mol. The molecule has 2 saturated heterocycles. The van der Waals surface area contributed by atoms with Gasteiger partial charge >= 0.3 is 0 Å². The Morgan fingerprint density at radius 3 is 2.65 bits per heavy atom. The molecule has 23 heavy (non-hydrogen) atoms. The van der Waals surface area contributed by atoms with Crippen LogP contribution in [0.2, 0.25) is 0 Å². The van der Waals surface area contributed by atoms with Gasteiger partial charge in [0, 0.05) is 31.7 Å². The summed E-state index contributed by atoms with van der Waals surface area (Å²) >= 11 is 1.96. The van der Waals surface area contributed by atoms with Gasteiger partial charge in [-0.1, -0.05) is 12.1 Å². The normalized spacial score (nSPS) is 25.7. The Hall–Kier alpha value is -0.710. The minimum atomic E-state index is 0.452. The summed E-state index contributed by atoms with van der Waals surface area (Å²) in [5.74, 6) is 1.70. The second kappa shape index (κ2) is 7.45. The van der Waals surface area contributed by atoms with Gasteiger partial charge in [-0.15, -0.1) is 0 Å². The minimum Gasteiger partial charge on any atom is -0.507 e. The molecule has 2 heterocycles. The fourth-order valence-corrected chi connectivity index (χ4v) is 4.75. The smallest absolute Gasteiger partial charge is 0.121 e. The van der Waals surface area contributed by atoms with Crippen molar-refractivity contribution >= 4 is 11.8 Å². The Bertz CT molecular complexity index is 525. The van der Waals surface area contributed by atoms with Crippen LogP contribution in [0, 0.1) is 13.8 Å². The monoisotopic (exact) mass is 334 g/mol. The van der Waals surface area contributed by atoms with E-state index in [0.29, 0.717) is 11.8 Å². The third-order valence-corrected chi connectivity index (χ3v) is 6.14. The number of nitrogens with zero attached hydrogens (tertiary/aromatic N) is 2. The van der Waals surface area contributed by atoms with E-state index in [1.54, 1.807) is 0 Å². The molecule has 0 saturated carbocycles. The van der Waals surface area contributed by atoms with Crippen molar-refractivity contribution < 1.29 is 5.11 Å². The van der Waals surface area contributed by atoms with E-state index in [0.717, 1.165) is 23.7 Å². The van der Waals surface area contributed by atoms with Gasteiger partial charge in [-0.2, -0.15) is 11.8 Å². The van der Waals surface area contributed by atoms with Crippen LogP contribution >= 0.6 is 11.8 Å². The summed E-state index contributed by atoms with van der Waals surface area (Å²) in [5.41, 5.74) is 3.35. The summed E-state index contributed by atoms with van der Waals surface area (Å²) < 4.78 is 0. The number of hydrogen-bond acceptors (Lipinski definition) is 4. The van der Waals surface area contributed by atoms with Crippen molar-refractivity contribution in [2.75, 3.05) is 31.6 Å². The second-order valence-electron chi connectivity index (χ2n) is 7.23. The van der Waals surface area contributed by atoms with Gasteiger partial charge in [-0.25, -0.2) is 0 Å². The van der Waals surface area contributed by atoms with Gasteiger partial charge in [0.25, 0.3) is 0 Å². The zero-order valence-corrected chi connectivity index (χ0v) is 15.5. The van der Waals surface area contributed by atoms with Crippen molar-refractivity contribution in [1.29, 1.82) is 0 Å². The van der Waals surface area contributed by atoms with Crippen molar-refractivity contribution in [3.8, 4) is 5.75 Å². The third-order valence-electron chi connectivity index (χ3n) is 5.50. The van der Waals surface area contributed by atoms with Crippen molar-refractivity contribution in [2.45, 2.75) is 51.7 Å². The van der Waals surface area contributed by atoms with Crippen molar-refractivity contribution in [3.05, 3.63) is 28.8 Å². The van der Waals surface area contributed by atoms with Gasteiger partial charge in [-0.3, -0.25) is 9.80 Å². The highest BCUT2D eigenvalue weighted by Crippen LogP contribution is 2.29. The first-order valence-electron chi connectivity index (χ1n) is 8.84. The number of phenols is 1. The minimum absolute atomic E-state index is 0.452. The van der Waals surface area contributed by atoms with E-state index >= 15 is 0 Å². The molecule has 1 aromatic rings. The molecular formula is C19H30N2OS. The van der Waals surface area contributed by atoms with Crippen LogP contribution in [0.3, 0.4) is 0 Å². The molecule has 1 aromatic carbocycles. The predicted octanol–water partition coefficient (Wildman–Crippen LogP) is 3.41. The fourth-order valence-electron chi connectivity index (χ4n) is 4.24. The van der Waals surface area contributed by atoms with Crippen LogP contribution in [0.1, 0.15) is 36.0 Å². The van der Waals surface area contributed by atoms with Crippen molar-refractivity contribution in [1.82, 2.24) is 9.80 Å². The molecule has 0 spiro atoms. The molecule has 2 atom stereocenters. The number of thioether (sulfide) groups is 1. The number of hydrogen-bond donors (Lipinski definition) is 1. The summed E-state index contributed by atoms with van der Waals surface area (Å²) in [6.45, 7) is 8.77. The van der Waals surface area contributed by atoms with Gasteiger partial charge in [0.2, 0.25) is 0 Å². The Morgan fingerprint density at radius 1 is 1.22 bits per heavy atom. The van der Waals surface area contributed by atoms with Crippen LogP contribution in [-0.4, -0.2) is 58.6 Å². The Balaban J connectivity index is 1.74. The fraction of sp³-hybridized carbons (Fsp3) is 0.684. The molecular weight excluding hydrogens is 304 g/mol. The number of phenolic OH excluding ortho intramolecular Hbond substituents is 1. The highest BCUT2D eigenvalue weighted by molar-refractivity contribution is 7.98. The quantitative estimate of drug-likeness (QED) is 0.893. The first-order valence-corrected chi connectivity index (χ1v) is 10.2. The maximum atomic E-state index is 10.0. The van der Waals surface area contributed by atoms with Gasteiger partial charge < -0.3 is 5.11 Å².